The van der Waals surface area contributed by atoms with Crippen molar-refractivity contribution in [3.8, 4) is 0 Å². The first-order valence-electron chi connectivity index (χ1n) is 7.10. The van der Waals surface area contributed by atoms with Crippen molar-refractivity contribution in [1.29, 1.82) is 0 Å². The van der Waals surface area contributed by atoms with Crippen LogP contribution in [0.5, 0.6) is 0 Å². The lowest BCUT2D eigenvalue weighted by atomic mass is 10.3. The molecule has 0 aromatic carbocycles. The minimum Gasteiger partial charge on any atom is -0.315 e. The molecule has 1 aromatic rings. The summed E-state index contributed by atoms with van der Waals surface area (Å²) in [7, 11) is -1.50. The molecule has 0 fully saturated rings. The molecule has 0 bridgehead atoms. The average Bonchev–Trinajstić information content (AvgIpc) is 2.67. The fraction of sp³-hybridized carbons (Fsp3) is 0.769. The smallest absolute Gasteiger partial charge is 0.232 e. The van der Waals surface area contributed by atoms with Crippen molar-refractivity contribution < 1.29 is 8.42 Å². The van der Waals surface area contributed by atoms with Gasteiger partial charge in [0.25, 0.3) is 0 Å². The van der Waals surface area contributed by atoms with Gasteiger partial charge in [-0.05, 0) is 25.8 Å². The van der Waals surface area contributed by atoms with Gasteiger partial charge in [0.2, 0.25) is 10.0 Å². The molecule has 0 aliphatic carbocycles. The highest BCUT2D eigenvalue weighted by atomic mass is 32.2. The largest absolute Gasteiger partial charge is 0.315 e. The average molecular weight is 302 g/mol. The first-order valence-corrected chi connectivity index (χ1v) is 8.75. The summed E-state index contributed by atoms with van der Waals surface area (Å²) in [5.74, 6) is 0.144. The molecule has 0 aliphatic heterocycles. The highest BCUT2D eigenvalue weighted by molar-refractivity contribution is 7.92. The van der Waals surface area contributed by atoms with E-state index in [1.807, 2.05) is 6.92 Å². The van der Waals surface area contributed by atoms with E-state index in [1.165, 1.54) is 0 Å². The van der Waals surface area contributed by atoms with Crippen molar-refractivity contribution in [2.45, 2.75) is 46.1 Å². The van der Waals surface area contributed by atoms with Crippen LogP contribution < -0.4 is 10.0 Å². The van der Waals surface area contributed by atoms with Crippen molar-refractivity contribution in [2.75, 3.05) is 17.0 Å². The van der Waals surface area contributed by atoms with Crippen LogP contribution in [0.3, 0.4) is 0 Å². The normalized spacial score (nSPS) is 12.1. The lowest BCUT2D eigenvalue weighted by Crippen LogP contribution is -2.24. The standard InChI is InChI=1S/C13H26N4O2S/c1-5-12-13(10-17(4)15-12)16-20(18,19)9-7-6-8-14-11(2)3/h10-11,14,16H,5-9H2,1-4H3. The molecule has 7 heteroatoms. The molecule has 1 rings (SSSR count). The van der Waals surface area contributed by atoms with Gasteiger partial charge >= 0.3 is 0 Å². The molecule has 0 saturated carbocycles. The van der Waals surface area contributed by atoms with Gasteiger partial charge < -0.3 is 5.32 Å². The Hall–Kier alpha value is -1.08. The van der Waals surface area contributed by atoms with Crippen molar-refractivity contribution >= 4 is 15.7 Å². The van der Waals surface area contributed by atoms with Crippen LogP contribution in [0.4, 0.5) is 5.69 Å². The molecule has 6 nitrogen and oxygen atoms in total. The highest BCUT2D eigenvalue weighted by Crippen LogP contribution is 2.15. The molecular formula is C13H26N4O2S. The number of hydrogen-bond acceptors (Lipinski definition) is 4. The third kappa shape index (κ3) is 5.92. The van der Waals surface area contributed by atoms with Crippen LogP contribution in [0.25, 0.3) is 0 Å². The summed E-state index contributed by atoms with van der Waals surface area (Å²) in [6.45, 7) is 6.96. The van der Waals surface area contributed by atoms with Gasteiger partial charge in [-0.3, -0.25) is 9.40 Å². The first-order chi connectivity index (χ1) is 9.34. The van der Waals surface area contributed by atoms with Crippen LogP contribution >= 0.6 is 0 Å². The third-order valence-corrected chi connectivity index (χ3v) is 4.26. The second kappa shape index (κ2) is 7.64. The predicted octanol–water partition coefficient (Wildman–Crippen LogP) is 1.50. The van der Waals surface area contributed by atoms with Gasteiger partial charge in [-0.25, -0.2) is 8.42 Å². The molecule has 0 aliphatic rings. The maximum absolute atomic E-state index is 12.0. The summed E-state index contributed by atoms with van der Waals surface area (Å²) in [5.41, 5.74) is 1.37. The summed E-state index contributed by atoms with van der Waals surface area (Å²) >= 11 is 0. The fourth-order valence-electron chi connectivity index (χ4n) is 1.91. The minimum atomic E-state index is -3.29. The van der Waals surface area contributed by atoms with E-state index in [-0.39, 0.29) is 5.75 Å². The van der Waals surface area contributed by atoms with Crippen LogP contribution in [0.1, 0.15) is 39.3 Å². The summed E-state index contributed by atoms with van der Waals surface area (Å²) < 4.78 is 28.3. The van der Waals surface area contributed by atoms with Gasteiger partial charge in [0.05, 0.1) is 17.1 Å². The van der Waals surface area contributed by atoms with Gasteiger partial charge in [0, 0.05) is 19.3 Å². The Morgan fingerprint density at radius 1 is 1.35 bits per heavy atom. The topological polar surface area (TPSA) is 76.0 Å². The zero-order valence-corrected chi connectivity index (χ0v) is 13.6. The third-order valence-electron chi connectivity index (χ3n) is 2.90. The first kappa shape index (κ1) is 17.0. The Kier molecular flexibility index (Phi) is 6.48. The number of aromatic nitrogens is 2. The monoisotopic (exact) mass is 302 g/mol. The maximum Gasteiger partial charge on any atom is 0.232 e. The summed E-state index contributed by atoms with van der Waals surface area (Å²) in [4.78, 5) is 0. The van der Waals surface area contributed by atoms with Crippen LogP contribution in [0.15, 0.2) is 6.20 Å². The molecule has 1 heterocycles. The number of rotatable bonds is 9. The number of hydrogen-bond donors (Lipinski definition) is 2. The van der Waals surface area contributed by atoms with E-state index in [2.05, 4.69) is 29.0 Å². The summed E-state index contributed by atoms with van der Waals surface area (Å²) in [6, 6.07) is 0.437. The van der Waals surface area contributed by atoms with Crippen molar-refractivity contribution in [3.63, 3.8) is 0 Å². The van der Waals surface area contributed by atoms with Gasteiger partial charge in [-0.15, -0.1) is 0 Å². The molecule has 0 saturated heterocycles. The Bertz CT molecular complexity index is 508. The number of anilines is 1. The molecule has 0 unspecified atom stereocenters. The quantitative estimate of drug-likeness (QED) is 0.678. The van der Waals surface area contributed by atoms with E-state index in [9.17, 15) is 8.42 Å². The van der Waals surface area contributed by atoms with Gasteiger partial charge in [-0.1, -0.05) is 20.8 Å². The number of nitrogens with one attached hydrogen (secondary N) is 2. The zero-order valence-electron chi connectivity index (χ0n) is 12.8. The Morgan fingerprint density at radius 3 is 2.65 bits per heavy atom. The van der Waals surface area contributed by atoms with Gasteiger partial charge in [0.1, 0.15) is 0 Å². The molecular weight excluding hydrogens is 276 g/mol. The molecule has 116 valence electrons. The van der Waals surface area contributed by atoms with Crippen LogP contribution in [-0.2, 0) is 23.5 Å². The Labute approximate surface area is 122 Å². The predicted molar refractivity (Wildman–Crippen MR) is 82.4 cm³/mol. The van der Waals surface area contributed by atoms with Crippen LogP contribution in [-0.4, -0.2) is 36.5 Å². The van der Waals surface area contributed by atoms with Gasteiger partial charge in [-0.2, -0.15) is 5.10 Å². The maximum atomic E-state index is 12.0. The molecule has 0 amide bonds. The Balaban J connectivity index is 2.45. The summed E-state index contributed by atoms with van der Waals surface area (Å²) in [6.07, 6.45) is 3.91. The fourth-order valence-corrected chi connectivity index (χ4v) is 3.10. The van der Waals surface area contributed by atoms with Crippen LogP contribution in [0.2, 0.25) is 0 Å². The molecule has 0 atom stereocenters. The zero-order chi connectivity index (χ0) is 15.2. The lowest BCUT2D eigenvalue weighted by molar-refractivity contribution is 0.561. The molecule has 0 spiro atoms. The van der Waals surface area contributed by atoms with E-state index >= 15 is 0 Å². The van der Waals surface area contributed by atoms with Gasteiger partial charge in [0.15, 0.2) is 0 Å². The van der Waals surface area contributed by atoms with E-state index in [0.717, 1.165) is 18.7 Å². The highest BCUT2D eigenvalue weighted by Gasteiger charge is 2.14. The second-order valence-corrected chi connectivity index (χ2v) is 7.10. The number of aryl methyl sites for hydroxylation is 2. The Morgan fingerprint density at radius 2 is 2.05 bits per heavy atom. The minimum absolute atomic E-state index is 0.144. The van der Waals surface area contributed by atoms with E-state index < -0.39 is 10.0 Å². The molecule has 2 N–H and O–H groups in total. The van der Waals surface area contributed by atoms with Crippen molar-refractivity contribution in [2.24, 2.45) is 7.05 Å². The molecule has 0 radical (unpaired) electrons. The second-order valence-electron chi connectivity index (χ2n) is 5.25. The lowest BCUT2D eigenvalue weighted by Gasteiger charge is -2.09. The van der Waals surface area contributed by atoms with E-state index in [4.69, 9.17) is 0 Å². The van der Waals surface area contributed by atoms with Crippen LogP contribution in [0, 0.1) is 0 Å². The SMILES string of the molecule is CCc1nn(C)cc1NS(=O)(=O)CCCCNC(C)C. The number of nitrogens with zero attached hydrogens (tertiary/aromatic N) is 2. The van der Waals surface area contributed by atoms with Crippen molar-refractivity contribution in [3.05, 3.63) is 11.9 Å². The van der Waals surface area contributed by atoms with Crippen molar-refractivity contribution in [1.82, 2.24) is 15.1 Å². The molecule has 20 heavy (non-hydrogen) atoms. The number of unbranched alkanes of at least 4 members (excludes halogenated alkanes) is 1. The number of sulfonamides is 1. The summed E-state index contributed by atoms with van der Waals surface area (Å²) in [5, 5.41) is 7.50. The van der Waals surface area contributed by atoms with E-state index in [0.29, 0.717) is 24.6 Å². The molecule has 1 aromatic heterocycles. The van der Waals surface area contributed by atoms with E-state index in [1.54, 1.807) is 17.9 Å².